The maximum atomic E-state index is 11.3. The average molecular weight is 306 g/mol. The quantitative estimate of drug-likeness (QED) is 0.360. The molecule has 0 aliphatic heterocycles. The highest BCUT2D eigenvalue weighted by Crippen LogP contribution is 2.22. The number of nitrogens with one attached hydrogen (secondary N) is 1. The molecule has 0 aromatic carbocycles. The van der Waals surface area contributed by atoms with Crippen molar-refractivity contribution in [1.29, 1.82) is 0 Å². The maximum Gasteiger partial charge on any atom is 0.220 e. The molecule has 0 radical (unpaired) electrons. The van der Waals surface area contributed by atoms with Crippen LogP contribution in [-0.2, 0) is 4.79 Å². The zero-order valence-corrected chi connectivity index (χ0v) is 14.3. The Bertz CT molecular complexity index is 201. The standard InChI is InChI=1S/C15H31NOS2/c1-3-5-7-8-9-10-13-18-19-14-12-16-15(17)11-6-4-2/h3-14H2,1-2H3,(H,16,17). The summed E-state index contributed by atoms with van der Waals surface area (Å²) in [5.74, 6) is 2.49. The first-order chi connectivity index (χ1) is 9.31. The molecule has 0 atom stereocenters. The van der Waals surface area contributed by atoms with Gasteiger partial charge < -0.3 is 5.32 Å². The van der Waals surface area contributed by atoms with Gasteiger partial charge in [0.05, 0.1) is 0 Å². The van der Waals surface area contributed by atoms with Crippen LogP contribution in [0.5, 0.6) is 0 Å². The predicted molar refractivity (Wildman–Crippen MR) is 90.8 cm³/mol. The van der Waals surface area contributed by atoms with Crippen LogP contribution in [0.3, 0.4) is 0 Å². The van der Waals surface area contributed by atoms with Gasteiger partial charge in [0.25, 0.3) is 0 Å². The molecule has 0 saturated heterocycles. The van der Waals surface area contributed by atoms with E-state index in [0.29, 0.717) is 6.42 Å². The summed E-state index contributed by atoms with van der Waals surface area (Å²) in [6, 6.07) is 0. The van der Waals surface area contributed by atoms with Gasteiger partial charge in [-0.05, 0) is 12.8 Å². The zero-order valence-electron chi connectivity index (χ0n) is 12.7. The van der Waals surface area contributed by atoms with Crippen LogP contribution < -0.4 is 5.32 Å². The predicted octanol–water partition coefficient (Wildman–Crippen LogP) is 5.03. The molecule has 4 heteroatoms. The summed E-state index contributed by atoms with van der Waals surface area (Å²) in [5, 5.41) is 2.97. The monoisotopic (exact) mass is 305 g/mol. The van der Waals surface area contributed by atoms with E-state index < -0.39 is 0 Å². The highest BCUT2D eigenvalue weighted by atomic mass is 33.1. The van der Waals surface area contributed by atoms with E-state index in [0.717, 1.165) is 25.1 Å². The molecule has 0 saturated carbocycles. The fraction of sp³-hybridized carbons (Fsp3) is 0.933. The Labute approximate surface area is 127 Å². The molecule has 0 rings (SSSR count). The Hall–Kier alpha value is 0.170. The molecule has 0 spiro atoms. The van der Waals surface area contributed by atoms with Crippen LogP contribution >= 0.6 is 21.6 Å². The van der Waals surface area contributed by atoms with Crippen molar-refractivity contribution in [2.24, 2.45) is 0 Å². The zero-order chi connectivity index (χ0) is 14.2. The molecule has 2 nitrogen and oxygen atoms in total. The summed E-state index contributed by atoms with van der Waals surface area (Å²) in [6.45, 7) is 5.19. The molecule has 0 aromatic heterocycles. The van der Waals surface area contributed by atoms with Gasteiger partial charge in [0.15, 0.2) is 0 Å². The first-order valence-corrected chi connectivity index (χ1v) is 10.3. The first kappa shape index (κ1) is 19.2. The Morgan fingerprint density at radius 2 is 1.47 bits per heavy atom. The molecular weight excluding hydrogens is 274 g/mol. The molecule has 0 aliphatic carbocycles. The second-order valence-corrected chi connectivity index (χ2v) is 7.57. The Morgan fingerprint density at radius 1 is 0.842 bits per heavy atom. The lowest BCUT2D eigenvalue weighted by atomic mass is 10.1. The van der Waals surface area contributed by atoms with Gasteiger partial charge in [-0.2, -0.15) is 0 Å². The lowest BCUT2D eigenvalue weighted by Crippen LogP contribution is -2.25. The number of rotatable bonds is 14. The summed E-state index contributed by atoms with van der Waals surface area (Å²) in [4.78, 5) is 11.3. The van der Waals surface area contributed by atoms with Crippen LogP contribution in [-0.4, -0.2) is 24.0 Å². The minimum atomic E-state index is 0.211. The van der Waals surface area contributed by atoms with Crippen molar-refractivity contribution in [3.8, 4) is 0 Å². The molecule has 0 bridgehead atoms. The van der Waals surface area contributed by atoms with E-state index in [1.807, 2.05) is 21.6 Å². The Kier molecular flexibility index (Phi) is 16.4. The number of hydrogen-bond donors (Lipinski definition) is 1. The maximum absolute atomic E-state index is 11.3. The highest BCUT2D eigenvalue weighted by molar-refractivity contribution is 8.76. The van der Waals surface area contributed by atoms with E-state index in [9.17, 15) is 4.79 Å². The van der Waals surface area contributed by atoms with Gasteiger partial charge in [0.1, 0.15) is 0 Å². The van der Waals surface area contributed by atoms with Gasteiger partial charge in [0.2, 0.25) is 5.91 Å². The molecule has 1 amide bonds. The molecule has 114 valence electrons. The van der Waals surface area contributed by atoms with Gasteiger partial charge in [-0.15, -0.1) is 0 Å². The van der Waals surface area contributed by atoms with Gasteiger partial charge in [-0.3, -0.25) is 4.79 Å². The van der Waals surface area contributed by atoms with Gasteiger partial charge in [-0.1, -0.05) is 74.0 Å². The van der Waals surface area contributed by atoms with Crippen LogP contribution in [0.2, 0.25) is 0 Å². The summed E-state index contributed by atoms with van der Waals surface area (Å²) < 4.78 is 0. The smallest absolute Gasteiger partial charge is 0.220 e. The number of unbranched alkanes of at least 4 members (excludes halogenated alkanes) is 6. The molecule has 0 fully saturated rings. The van der Waals surface area contributed by atoms with E-state index in [-0.39, 0.29) is 5.91 Å². The minimum absolute atomic E-state index is 0.211. The lowest BCUT2D eigenvalue weighted by molar-refractivity contribution is -0.121. The third-order valence-electron chi connectivity index (χ3n) is 2.93. The van der Waals surface area contributed by atoms with E-state index in [1.165, 1.54) is 44.3 Å². The van der Waals surface area contributed by atoms with Crippen LogP contribution in [0.25, 0.3) is 0 Å². The van der Waals surface area contributed by atoms with Crippen molar-refractivity contribution in [2.45, 2.75) is 71.6 Å². The number of amides is 1. The van der Waals surface area contributed by atoms with E-state index >= 15 is 0 Å². The number of carbonyl (C=O) groups excluding carboxylic acids is 1. The summed E-state index contributed by atoms with van der Waals surface area (Å²) >= 11 is 0. The number of hydrogen-bond acceptors (Lipinski definition) is 3. The Morgan fingerprint density at radius 3 is 2.21 bits per heavy atom. The molecule has 0 heterocycles. The van der Waals surface area contributed by atoms with Crippen LogP contribution in [0, 0.1) is 0 Å². The van der Waals surface area contributed by atoms with Crippen molar-refractivity contribution in [1.82, 2.24) is 5.32 Å². The molecular formula is C15H31NOS2. The highest BCUT2D eigenvalue weighted by Gasteiger charge is 1.99. The first-order valence-electron chi connectivity index (χ1n) is 7.82. The van der Waals surface area contributed by atoms with E-state index in [1.54, 1.807) is 0 Å². The second kappa shape index (κ2) is 16.2. The topological polar surface area (TPSA) is 29.1 Å². The van der Waals surface area contributed by atoms with Crippen molar-refractivity contribution in [3.63, 3.8) is 0 Å². The van der Waals surface area contributed by atoms with E-state index in [4.69, 9.17) is 0 Å². The summed E-state index contributed by atoms with van der Waals surface area (Å²) in [6.07, 6.45) is 11.0. The molecule has 0 unspecified atom stereocenters. The van der Waals surface area contributed by atoms with Crippen molar-refractivity contribution in [2.75, 3.05) is 18.1 Å². The fourth-order valence-electron chi connectivity index (χ4n) is 1.72. The van der Waals surface area contributed by atoms with Crippen LogP contribution in [0.1, 0.15) is 71.6 Å². The third-order valence-corrected chi connectivity index (χ3v) is 5.42. The molecule has 0 aliphatic rings. The summed E-state index contributed by atoms with van der Waals surface area (Å²) in [5.41, 5.74) is 0. The third kappa shape index (κ3) is 16.1. The normalized spacial score (nSPS) is 10.6. The Balaban J connectivity index is 3.04. The fourth-order valence-corrected chi connectivity index (χ4v) is 3.77. The van der Waals surface area contributed by atoms with Gasteiger partial charge in [0, 0.05) is 24.5 Å². The molecule has 1 N–H and O–H groups in total. The van der Waals surface area contributed by atoms with Gasteiger partial charge in [-0.25, -0.2) is 0 Å². The van der Waals surface area contributed by atoms with Crippen LogP contribution in [0.4, 0.5) is 0 Å². The van der Waals surface area contributed by atoms with Gasteiger partial charge >= 0.3 is 0 Å². The van der Waals surface area contributed by atoms with Crippen LogP contribution in [0.15, 0.2) is 0 Å². The minimum Gasteiger partial charge on any atom is -0.355 e. The summed E-state index contributed by atoms with van der Waals surface area (Å²) in [7, 11) is 3.84. The van der Waals surface area contributed by atoms with Crippen molar-refractivity contribution < 1.29 is 4.79 Å². The van der Waals surface area contributed by atoms with Crippen molar-refractivity contribution >= 4 is 27.5 Å². The SMILES string of the molecule is CCCCCCCCSSCCNC(=O)CCCC. The average Bonchev–Trinajstić information content (AvgIpc) is 2.42. The van der Waals surface area contributed by atoms with Crippen molar-refractivity contribution in [3.05, 3.63) is 0 Å². The molecule has 0 aromatic rings. The number of carbonyl (C=O) groups is 1. The largest absolute Gasteiger partial charge is 0.355 e. The molecule has 19 heavy (non-hydrogen) atoms. The van der Waals surface area contributed by atoms with E-state index in [2.05, 4.69) is 19.2 Å². The second-order valence-electron chi connectivity index (χ2n) is 4.87. The lowest BCUT2D eigenvalue weighted by Gasteiger charge is -2.04.